The Morgan fingerprint density at radius 3 is 2.53 bits per heavy atom. The Balaban J connectivity index is 1.71. The molecule has 3 fully saturated rings. The molecule has 0 spiro atoms. The molecular weight excluding hydrogens is 411 g/mol. The van der Waals surface area contributed by atoms with Crippen LogP contribution in [-0.4, -0.2) is 50.9 Å². The zero-order chi connectivity index (χ0) is 23.9. The minimum atomic E-state index is -1.96. The van der Waals surface area contributed by atoms with Crippen molar-refractivity contribution < 1.29 is 28.9 Å². The maximum Gasteiger partial charge on any atom is 0.193 e. The molecule has 32 heavy (non-hydrogen) atoms. The molecule has 6 heteroatoms. The molecule has 0 heterocycles. The standard InChI is InChI=1S/C26H37FO5/c1-15(32-22(2,3)4)21(30)25(31)12-10-18-19-8-7-16-13-17(28)9-11-23(16,5)26(19,27)20(29)14-24(18,25)6/h9,11,13,15,18-20,29,31H,7-8,10,12,14H2,1-6H3/t15?,18?,19?,20?,23?,24?,25-,26?/m1/s1. The van der Waals surface area contributed by atoms with Crippen molar-refractivity contribution >= 4 is 11.6 Å². The first-order valence-electron chi connectivity index (χ1n) is 11.9. The van der Waals surface area contributed by atoms with E-state index in [4.69, 9.17) is 4.74 Å². The number of hydrogen-bond acceptors (Lipinski definition) is 5. The number of aliphatic hydroxyl groups is 2. The van der Waals surface area contributed by atoms with Crippen LogP contribution in [0.2, 0.25) is 0 Å². The topological polar surface area (TPSA) is 83.8 Å². The average molecular weight is 449 g/mol. The zero-order valence-corrected chi connectivity index (χ0v) is 20.1. The van der Waals surface area contributed by atoms with Gasteiger partial charge in [-0.3, -0.25) is 9.59 Å². The Kier molecular flexibility index (Phi) is 5.25. The van der Waals surface area contributed by atoms with E-state index in [1.807, 2.05) is 27.7 Å². The summed E-state index contributed by atoms with van der Waals surface area (Å²) in [5, 5.41) is 23.1. The van der Waals surface area contributed by atoms with Gasteiger partial charge in [-0.1, -0.05) is 18.6 Å². The number of hydrogen-bond donors (Lipinski definition) is 2. The molecule has 0 aliphatic heterocycles. The molecule has 0 aromatic rings. The van der Waals surface area contributed by atoms with Crippen molar-refractivity contribution in [3.63, 3.8) is 0 Å². The predicted molar refractivity (Wildman–Crippen MR) is 119 cm³/mol. The van der Waals surface area contributed by atoms with Crippen LogP contribution >= 0.6 is 0 Å². The van der Waals surface area contributed by atoms with Gasteiger partial charge in [0.05, 0.1) is 11.7 Å². The van der Waals surface area contributed by atoms with E-state index in [2.05, 4.69) is 0 Å². The Hall–Kier alpha value is -1.37. The Morgan fingerprint density at radius 1 is 1.25 bits per heavy atom. The molecule has 2 N–H and O–H groups in total. The number of fused-ring (bicyclic) bond motifs is 5. The molecule has 0 saturated heterocycles. The molecule has 3 saturated carbocycles. The quantitative estimate of drug-likeness (QED) is 0.685. The van der Waals surface area contributed by atoms with Gasteiger partial charge >= 0.3 is 0 Å². The lowest BCUT2D eigenvalue weighted by atomic mass is 9.44. The molecule has 0 amide bonds. The summed E-state index contributed by atoms with van der Waals surface area (Å²) in [5.74, 6) is -1.31. The van der Waals surface area contributed by atoms with Gasteiger partial charge in [0, 0.05) is 16.7 Å². The number of Topliss-reactive ketones (excluding diaryl/α,β-unsaturated/α-hetero) is 1. The van der Waals surface area contributed by atoms with Crippen molar-refractivity contribution in [2.45, 2.75) is 103 Å². The van der Waals surface area contributed by atoms with E-state index in [1.54, 1.807) is 19.9 Å². The minimum Gasteiger partial charge on any atom is -0.390 e. The summed E-state index contributed by atoms with van der Waals surface area (Å²) in [7, 11) is 0. The molecule has 0 aromatic heterocycles. The fourth-order valence-electron chi connectivity index (χ4n) is 7.54. The molecule has 178 valence electrons. The summed E-state index contributed by atoms with van der Waals surface area (Å²) in [6.07, 6.45) is 4.14. The van der Waals surface area contributed by atoms with E-state index in [-0.39, 0.29) is 30.3 Å². The second kappa shape index (κ2) is 7.07. The van der Waals surface area contributed by atoms with Crippen LogP contribution in [0.1, 0.15) is 73.6 Å². The first kappa shape index (κ1) is 23.8. The van der Waals surface area contributed by atoms with E-state index in [0.717, 1.165) is 5.57 Å². The van der Waals surface area contributed by atoms with E-state index in [1.165, 1.54) is 12.2 Å². The third kappa shape index (κ3) is 2.98. The minimum absolute atomic E-state index is 0.0141. The highest BCUT2D eigenvalue weighted by atomic mass is 19.1. The highest BCUT2D eigenvalue weighted by molar-refractivity contribution is 6.01. The smallest absolute Gasteiger partial charge is 0.193 e. The molecule has 0 aromatic carbocycles. The van der Waals surface area contributed by atoms with E-state index in [0.29, 0.717) is 19.3 Å². The third-order valence-corrected chi connectivity index (χ3v) is 9.10. The molecule has 0 radical (unpaired) electrons. The van der Waals surface area contributed by atoms with Crippen molar-refractivity contribution in [1.82, 2.24) is 0 Å². The van der Waals surface area contributed by atoms with Crippen LogP contribution in [0.5, 0.6) is 0 Å². The van der Waals surface area contributed by atoms with Gasteiger partial charge < -0.3 is 14.9 Å². The molecule has 4 aliphatic rings. The Labute approximate surface area is 190 Å². The number of ether oxygens (including phenoxy) is 1. The molecule has 8 atom stereocenters. The zero-order valence-electron chi connectivity index (χ0n) is 20.1. The summed E-state index contributed by atoms with van der Waals surface area (Å²) < 4.78 is 22.9. The molecular formula is C26H37FO5. The molecule has 4 rings (SSSR count). The normalized spacial score (nSPS) is 46.7. The first-order chi connectivity index (χ1) is 14.6. The summed E-state index contributed by atoms with van der Waals surface area (Å²) >= 11 is 0. The summed E-state index contributed by atoms with van der Waals surface area (Å²) in [6, 6.07) is 0. The molecule has 7 unspecified atom stereocenters. The number of halogens is 1. The van der Waals surface area contributed by atoms with Crippen molar-refractivity contribution in [1.29, 1.82) is 0 Å². The number of carbonyl (C=O) groups is 2. The van der Waals surface area contributed by atoms with Crippen LogP contribution in [0.4, 0.5) is 4.39 Å². The first-order valence-corrected chi connectivity index (χ1v) is 11.9. The van der Waals surface area contributed by atoms with Gasteiger partial charge in [-0.15, -0.1) is 0 Å². The number of carbonyl (C=O) groups excluding carboxylic acids is 2. The van der Waals surface area contributed by atoms with Gasteiger partial charge in [0.25, 0.3) is 0 Å². The van der Waals surface area contributed by atoms with Crippen molar-refractivity contribution in [2.75, 3.05) is 0 Å². The number of alkyl halides is 1. The highest BCUT2D eigenvalue weighted by Crippen LogP contribution is 2.69. The van der Waals surface area contributed by atoms with Crippen molar-refractivity contribution in [3.8, 4) is 0 Å². The van der Waals surface area contributed by atoms with Crippen LogP contribution in [0.25, 0.3) is 0 Å². The van der Waals surface area contributed by atoms with Crippen LogP contribution < -0.4 is 0 Å². The maximum atomic E-state index is 17.1. The van der Waals surface area contributed by atoms with E-state index >= 15 is 4.39 Å². The second-order valence-corrected chi connectivity index (χ2v) is 11.9. The number of ketones is 2. The van der Waals surface area contributed by atoms with Gasteiger partial charge in [-0.25, -0.2) is 4.39 Å². The van der Waals surface area contributed by atoms with Gasteiger partial charge in [-0.05, 0) is 84.8 Å². The average Bonchev–Trinajstić information content (AvgIpc) is 2.93. The lowest BCUT2D eigenvalue weighted by Crippen LogP contribution is -2.69. The van der Waals surface area contributed by atoms with E-state index < -0.39 is 45.8 Å². The predicted octanol–water partition coefficient (Wildman–Crippen LogP) is 3.86. The van der Waals surface area contributed by atoms with Crippen molar-refractivity contribution in [3.05, 3.63) is 23.8 Å². The van der Waals surface area contributed by atoms with Crippen molar-refractivity contribution in [2.24, 2.45) is 22.7 Å². The maximum absolute atomic E-state index is 17.1. The van der Waals surface area contributed by atoms with E-state index in [9.17, 15) is 19.8 Å². The third-order valence-electron chi connectivity index (χ3n) is 9.10. The van der Waals surface area contributed by atoms with Crippen LogP contribution in [0.15, 0.2) is 23.8 Å². The largest absolute Gasteiger partial charge is 0.390 e. The van der Waals surface area contributed by atoms with Crippen LogP contribution in [0.3, 0.4) is 0 Å². The molecule has 0 bridgehead atoms. The summed E-state index contributed by atoms with van der Waals surface area (Å²) in [6.45, 7) is 10.8. The van der Waals surface area contributed by atoms with Crippen LogP contribution in [-0.2, 0) is 14.3 Å². The number of rotatable bonds is 3. The fraction of sp³-hybridized carbons (Fsp3) is 0.769. The second-order valence-electron chi connectivity index (χ2n) is 11.9. The van der Waals surface area contributed by atoms with Crippen LogP contribution in [0, 0.1) is 22.7 Å². The fourth-order valence-corrected chi connectivity index (χ4v) is 7.54. The lowest BCUT2D eigenvalue weighted by molar-refractivity contribution is -0.220. The van der Waals surface area contributed by atoms with Gasteiger partial charge in [0.15, 0.2) is 17.2 Å². The van der Waals surface area contributed by atoms with Gasteiger partial charge in [0.2, 0.25) is 0 Å². The highest BCUT2D eigenvalue weighted by Gasteiger charge is 2.74. The molecule has 5 nitrogen and oxygen atoms in total. The summed E-state index contributed by atoms with van der Waals surface area (Å²) in [5.41, 5.74) is -5.48. The summed E-state index contributed by atoms with van der Waals surface area (Å²) in [4.78, 5) is 25.4. The SMILES string of the molecule is CC(OC(C)(C)C)C(=O)[C@]1(O)CCC2C3CCC4=CC(=O)C=CC4(C)C3(F)C(O)CC21C. The van der Waals surface area contributed by atoms with Gasteiger partial charge in [0.1, 0.15) is 11.7 Å². The lowest BCUT2D eigenvalue weighted by Gasteiger charge is -2.62. The Morgan fingerprint density at radius 2 is 1.91 bits per heavy atom. The Bertz CT molecular complexity index is 902. The number of aliphatic hydroxyl groups excluding tert-OH is 1. The number of allylic oxidation sites excluding steroid dienone is 4. The monoisotopic (exact) mass is 448 g/mol. The van der Waals surface area contributed by atoms with Gasteiger partial charge in [-0.2, -0.15) is 0 Å². The molecule has 4 aliphatic carbocycles.